The number of para-hydroxylation sites is 1. The molecule has 0 spiro atoms. The molecule has 14 heavy (non-hydrogen) atoms. The lowest BCUT2D eigenvalue weighted by molar-refractivity contribution is 0.248. The molecule has 0 aliphatic carbocycles. The molecule has 0 saturated carbocycles. The van der Waals surface area contributed by atoms with Crippen molar-refractivity contribution < 1.29 is 9.18 Å². The van der Waals surface area contributed by atoms with E-state index in [0.29, 0.717) is 6.54 Å². The maximum absolute atomic E-state index is 13.2. The topological polar surface area (TPSA) is 32.3 Å². The van der Waals surface area contributed by atoms with Gasteiger partial charge >= 0.3 is 6.03 Å². The van der Waals surface area contributed by atoms with Gasteiger partial charge in [-0.3, -0.25) is 4.90 Å². The van der Waals surface area contributed by atoms with Crippen LogP contribution >= 0.6 is 0 Å². The largest absolute Gasteiger partial charge is 0.338 e. The van der Waals surface area contributed by atoms with Crippen LogP contribution < -0.4 is 10.2 Å². The van der Waals surface area contributed by atoms with E-state index in [4.69, 9.17) is 0 Å². The first-order chi connectivity index (χ1) is 6.66. The van der Waals surface area contributed by atoms with Crippen molar-refractivity contribution in [3.63, 3.8) is 0 Å². The van der Waals surface area contributed by atoms with Gasteiger partial charge in [-0.2, -0.15) is 0 Å². The number of anilines is 1. The Balaban J connectivity index is 2.84. The van der Waals surface area contributed by atoms with Crippen molar-refractivity contribution in [1.82, 2.24) is 5.32 Å². The van der Waals surface area contributed by atoms with Crippen LogP contribution in [0.15, 0.2) is 24.3 Å². The normalized spacial score (nSPS) is 9.64. The van der Waals surface area contributed by atoms with Gasteiger partial charge in [-0.25, -0.2) is 9.18 Å². The van der Waals surface area contributed by atoms with Gasteiger partial charge in [0.2, 0.25) is 0 Å². The number of urea groups is 1. The molecule has 2 amide bonds. The summed E-state index contributed by atoms with van der Waals surface area (Å²) in [6.07, 6.45) is 0. The van der Waals surface area contributed by atoms with Gasteiger partial charge in [0.05, 0.1) is 5.69 Å². The SMILES string of the molecule is CCNC(=O)N(C)c1ccccc1F. The summed E-state index contributed by atoms with van der Waals surface area (Å²) < 4.78 is 13.2. The molecule has 0 radical (unpaired) electrons. The van der Waals surface area contributed by atoms with Gasteiger partial charge in [-0.05, 0) is 19.1 Å². The van der Waals surface area contributed by atoms with Gasteiger partial charge < -0.3 is 5.32 Å². The second-order valence-corrected chi connectivity index (χ2v) is 2.85. The molecular formula is C10H13FN2O. The summed E-state index contributed by atoms with van der Waals surface area (Å²) in [4.78, 5) is 12.6. The molecule has 1 rings (SSSR count). The number of nitrogens with zero attached hydrogens (tertiary/aromatic N) is 1. The summed E-state index contributed by atoms with van der Waals surface area (Å²) in [6.45, 7) is 2.34. The summed E-state index contributed by atoms with van der Waals surface area (Å²) in [7, 11) is 1.53. The monoisotopic (exact) mass is 196 g/mol. The van der Waals surface area contributed by atoms with E-state index in [2.05, 4.69) is 5.32 Å². The minimum Gasteiger partial charge on any atom is -0.338 e. The Kier molecular flexibility index (Phi) is 3.45. The summed E-state index contributed by atoms with van der Waals surface area (Å²) >= 11 is 0. The van der Waals surface area contributed by atoms with Gasteiger partial charge in [-0.1, -0.05) is 12.1 Å². The Hall–Kier alpha value is -1.58. The molecule has 1 N–H and O–H groups in total. The third-order valence-corrected chi connectivity index (χ3v) is 1.85. The Morgan fingerprint density at radius 2 is 2.14 bits per heavy atom. The van der Waals surface area contributed by atoms with Gasteiger partial charge in [0.1, 0.15) is 5.82 Å². The van der Waals surface area contributed by atoms with E-state index in [9.17, 15) is 9.18 Å². The number of carbonyl (C=O) groups is 1. The molecule has 0 heterocycles. The molecule has 0 aromatic heterocycles. The van der Waals surface area contributed by atoms with Crippen LogP contribution in [-0.2, 0) is 0 Å². The third kappa shape index (κ3) is 2.22. The second kappa shape index (κ2) is 4.60. The van der Waals surface area contributed by atoms with Crippen LogP contribution in [0.4, 0.5) is 14.9 Å². The van der Waals surface area contributed by atoms with Crippen LogP contribution in [0.2, 0.25) is 0 Å². The van der Waals surface area contributed by atoms with Crippen molar-refractivity contribution >= 4 is 11.7 Å². The lowest BCUT2D eigenvalue weighted by Gasteiger charge is -2.17. The van der Waals surface area contributed by atoms with Crippen molar-refractivity contribution in [3.8, 4) is 0 Å². The second-order valence-electron chi connectivity index (χ2n) is 2.85. The molecular weight excluding hydrogens is 183 g/mol. The number of hydrogen-bond acceptors (Lipinski definition) is 1. The van der Waals surface area contributed by atoms with Crippen LogP contribution in [0.5, 0.6) is 0 Å². The highest BCUT2D eigenvalue weighted by molar-refractivity contribution is 5.91. The summed E-state index contributed by atoms with van der Waals surface area (Å²) in [5.74, 6) is -0.402. The van der Waals surface area contributed by atoms with Gasteiger partial charge in [0, 0.05) is 13.6 Å². The fourth-order valence-corrected chi connectivity index (χ4v) is 1.10. The standard InChI is InChI=1S/C10H13FN2O/c1-3-12-10(14)13(2)9-7-5-4-6-8(9)11/h4-7H,3H2,1-2H3,(H,12,14). The molecule has 1 aromatic rings. The summed E-state index contributed by atoms with van der Waals surface area (Å²) in [5, 5.41) is 2.59. The first-order valence-electron chi connectivity index (χ1n) is 4.43. The van der Waals surface area contributed by atoms with Crippen molar-refractivity contribution in [1.29, 1.82) is 0 Å². The average molecular weight is 196 g/mol. The van der Waals surface area contributed by atoms with Gasteiger partial charge in [0.15, 0.2) is 0 Å². The Labute approximate surface area is 82.5 Å². The zero-order valence-corrected chi connectivity index (χ0v) is 8.25. The number of carbonyl (C=O) groups excluding carboxylic acids is 1. The fourth-order valence-electron chi connectivity index (χ4n) is 1.10. The zero-order valence-electron chi connectivity index (χ0n) is 8.25. The van der Waals surface area contributed by atoms with E-state index < -0.39 is 5.82 Å². The molecule has 0 aliphatic heterocycles. The minimum atomic E-state index is -0.402. The maximum atomic E-state index is 13.2. The average Bonchev–Trinajstić information content (AvgIpc) is 2.18. The number of nitrogens with one attached hydrogen (secondary N) is 1. The highest BCUT2D eigenvalue weighted by atomic mass is 19.1. The fraction of sp³-hybridized carbons (Fsp3) is 0.300. The maximum Gasteiger partial charge on any atom is 0.321 e. The molecule has 0 aliphatic rings. The zero-order chi connectivity index (χ0) is 10.6. The van der Waals surface area contributed by atoms with Gasteiger partial charge in [-0.15, -0.1) is 0 Å². The molecule has 1 aromatic carbocycles. The van der Waals surface area contributed by atoms with Crippen molar-refractivity contribution in [2.24, 2.45) is 0 Å². The van der Waals surface area contributed by atoms with E-state index in [-0.39, 0.29) is 11.7 Å². The van der Waals surface area contributed by atoms with E-state index in [1.165, 1.54) is 18.0 Å². The van der Waals surface area contributed by atoms with Crippen LogP contribution in [0.1, 0.15) is 6.92 Å². The van der Waals surface area contributed by atoms with E-state index in [1.807, 2.05) is 6.92 Å². The first kappa shape index (κ1) is 10.5. The lowest BCUT2D eigenvalue weighted by atomic mass is 10.3. The highest BCUT2D eigenvalue weighted by Gasteiger charge is 2.12. The molecule has 3 nitrogen and oxygen atoms in total. The molecule has 76 valence electrons. The van der Waals surface area contributed by atoms with Crippen molar-refractivity contribution in [3.05, 3.63) is 30.1 Å². The quantitative estimate of drug-likeness (QED) is 0.770. The number of benzene rings is 1. The summed E-state index contributed by atoms with van der Waals surface area (Å²) in [5.41, 5.74) is 0.276. The molecule has 4 heteroatoms. The van der Waals surface area contributed by atoms with Gasteiger partial charge in [0.25, 0.3) is 0 Å². The Morgan fingerprint density at radius 3 is 2.71 bits per heavy atom. The smallest absolute Gasteiger partial charge is 0.321 e. The van der Waals surface area contributed by atoms with E-state index in [0.717, 1.165) is 0 Å². The van der Waals surface area contributed by atoms with Crippen LogP contribution in [0.25, 0.3) is 0 Å². The number of hydrogen-bond donors (Lipinski definition) is 1. The molecule has 0 atom stereocenters. The molecule has 0 saturated heterocycles. The Morgan fingerprint density at radius 1 is 1.50 bits per heavy atom. The molecule has 0 bridgehead atoms. The number of rotatable bonds is 2. The first-order valence-corrected chi connectivity index (χ1v) is 4.43. The van der Waals surface area contributed by atoms with E-state index in [1.54, 1.807) is 18.2 Å². The Bertz CT molecular complexity index is 328. The van der Waals surface area contributed by atoms with Crippen LogP contribution in [0, 0.1) is 5.82 Å². The predicted molar refractivity (Wildman–Crippen MR) is 53.9 cm³/mol. The predicted octanol–water partition coefficient (Wildman–Crippen LogP) is 1.99. The lowest BCUT2D eigenvalue weighted by Crippen LogP contribution is -2.37. The molecule has 0 unspecified atom stereocenters. The minimum absolute atomic E-state index is 0.276. The molecule has 0 fully saturated rings. The highest BCUT2D eigenvalue weighted by Crippen LogP contribution is 2.16. The van der Waals surface area contributed by atoms with Crippen LogP contribution in [-0.4, -0.2) is 19.6 Å². The number of amides is 2. The van der Waals surface area contributed by atoms with Crippen LogP contribution in [0.3, 0.4) is 0 Å². The van der Waals surface area contributed by atoms with Crippen molar-refractivity contribution in [2.75, 3.05) is 18.5 Å². The summed E-state index contributed by atoms with van der Waals surface area (Å²) in [6, 6.07) is 5.85. The van der Waals surface area contributed by atoms with E-state index >= 15 is 0 Å². The van der Waals surface area contributed by atoms with Crippen molar-refractivity contribution in [2.45, 2.75) is 6.92 Å². The number of halogens is 1. The third-order valence-electron chi connectivity index (χ3n) is 1.85.